The number of allylic oxidation sites excluding steroid dienone is 2. The van der Waals surface area contributed by atoms with Crippen molar-refractivity contribution in [1.82, 2.24) is 4.90 Å². The molecule has 0 amide bonds. The average Bonchev–Trinajstić information content (AvgIpc) is 1.64. The molecule has 0 unspecified atom stereocenters. The average molecular weight is 127 g/mol. The molecule has 0 heterocycles. The van der Waals surface area contributed by atoms with Crippen molar-refractivity contribution in [3.63, 3.8) is 0 Å². The highest BCUT2D eigenvalue weighted by Crippen LogP contribution is 2.10. The number of hydrogen-bond acceptors (Lipinski definition) is 1. The van der Waals surface area contributed by atoms with Gasteiger partial charge >= 0.3 is 0 Å². The van der Waals surface area contributed by atoms with Crippen LogP contribution in [-0.2, 0) is 0 Å². The van der Waals surface area contributed by atoms with Gasteiger partial charge in [0.15, 0.2) is 0 Å². The van der Waals surface area contributed by atoms with E-state index in [0.717, 1.165) is 0 Å². The molecule has 0 fully saturated rings. The van der Waals surface area contributed by atoms with Crippen LogP contribution >= 0.6 is 0 Å². The summed E-state index contributed by atoms with van der Waals surface area (Å²) < 4.78 is 0. The van der Waals surface area contributed by atoms with E-state index in [1.165, 1.54) is 5.70 Å². The van der Waals surface area contributed by atoms with Crippen LogP contribution in [0.4, 0.5) is 0 Å². The lowest BCUT2D eigenvalue weighted by molar-refractivity contribution is 0.445. The van der Waals surface area contributed by atoms with E-state index in [0.29, 0.717) is 5.92 Å². The summed E-state index contributed by atoms with van der Waals surface area (Å²) in [7, 11) is 4.16. The Kier molecular flexibility index (Phi) is 3.36. The zero-order valence-electron chi connectivity index (χ0n) is 7.10. The van der Waals surface area contributed by atoms with Gasteiger partial charge in [-0.15, -0.1) is 0 Å². The van der Waals surface area contributed by atoms with Crippen molar-refractivity contribution in [2.45, 2.75) is 20.8 Å². The molecule has 0 atom stereocenters. The summed E-state index contributed by atoms with van der Waals surface area (Å²) in [4.78, 5) is 2.16. The van der Waals surface area contributed by atoms with Gasteiger partial charge < -0.3 is 4.90 Å². The van der Waals surface area contributed by atoms with Gasteiger partial charge in [0.25, 0.3) is 0 Å². The summed E-state index contributed by atoms with van der Waals surface area (Å²) >= 11 is 0. The van der Waals surface area contributed by atoms with Gasteiger partial charge in [-0.1, -0.05) is 19.9 Å². The van der Waals surface area contributed by atoms with Gasteiger partial charge in [-0.05, 0) is 12.8 Å². The van der Waals surface area contributed by atoms with Gasteiger partial charge in [0.05, 0.1) is 0 Å². The lowest BCUT2D eigenvalue weighted by Crippen LogP contribution is -2.15. The van der Waals surface area contributed by atoms with Gasteiger partial charge in [0.2, 0.25) is 0 Å². The standard InChI is InChI=1S/C8H17N/c1-6-8(7(2)3)9(4)5/h6-7H,1-5H3/b8-6+. The summed E-state index contributed by atoms with van der Waals surface area (Å²) in [6.07, 6.45) is 2.16. The molecule has 0 saturated heterocycles. The second-order valence-electron chi connectivity index (χ2n) is 2.76. The molecular formula is C8H17N. The maximum Gasteiger partial charge on any atom is 0.0110 e. The maximum atomic E-state index is 2.20. The van der Waals surface area contributed by atoms with Crippen LogP contribution in [0.1, 0.15) is 20.8 Å². The molecule has 54 valence electrons. The number of hydrogen-bond donors (Lipinski definition) is 0. The molecule has 0 radical (unpaired) electrons. The van der Waals surface area contributed by atoms with Crippen LogP contribution in [0.3, 0.4) is 0 Å². The van der Waals surface area contributed by atoms with E-state index in [1.807, 2.05) is 0 Å². The second kappa shape index (κ2) is 3.54. The normalized spacial score (nSPS) is 12.4. The first-order valence-corrected chi connectivity index (χ1v) is 3.43. The third-order valence-electron chi connectivity index (χ3n) is 1.40. The number of rotatable bonds is 2. The quantitative estimate of drug-likeness (QED) is 0.549. The van der Waals surface area contributed by atoms with Crippen LogP contribution in [0.25, 0.3) is 0 Å². The van der Waals surface area contributed by atoms with Gasteiger partial charge in [-0.2, -0.15) is 0 Å². The van der Waals surface area contributed by atoms with Crippen molar-refractivity contribution in [2.75, 3.05) is 14.1 Å². The van der Waals surface area contributed by atoms with E-state index in [9.17, 15) is 0 Å². The Morgan fingerprint density at radius 1 is 1.33 bits per heavy atom. The fourth-order valence-corrected chi connectivity index (χ4v) is 1.11. The highest BCUT2D eigenvalue weighted by atomic mass is 15.1. The first-order chi connectivity index (χ1) is 4.09. The molecule has 0 aliphatic heterocycles. The lowest BCUT2D eigenvalue weighted by atomic mass is 10.1. The third kappa shape index (κ3) is 2.54. The molecule has 0 bridgehead atoms. The summed E-state index contributed by atoms with van der Waals surface area (Å²) in [5, 5.41) is 0. The smallest absolute Gasteiger partial charge is 0.0110 e. The minimum atomic E-state index is 0.644. The predicted octanol–water partition coefficient (Wildman–Crippen LogP) is 2.11. The van der Waals surface area contributed by atoms with E-state index in [-0.39, 0.29) is 0 Å². The molecule has 0 aliphatic carbocycles. The molecule has 0 N–H and O–H groups in total. The van der Waals surface area contributed by atoms with E-state index in [2.05, 4.69) is 45.8 Å². The predicted molar refractivity (Wildman–Crippen MR) is 42.3 cm³/mol. The first-order valence-electron chi connectivity index (χ1n) is 3.43. The zero-order chi connectivity index (χ0) is 7.44. The summed E-state index contributed by atoms with van der Waals surface area (Å²) in [6, 6.07) is 0. The summed E-state index contributed by atoms with van der Waals surface area (Å²) in [5.74, 6) is 0.644. The molecule has 0 aromatic rings. The van der Waals surface area contributed by atoms with Gasteiger partial charge in [0.1, 0.15) is 0 Å². The van der Waals surface area contributed by atoms with Crippen LogP contribution in [0.2, 0.25) is 0 Å². The molecule has 0 spiro atoms. The van der Waals surface area contributed by atoms with Crippen LogP contribution in [0.5, 0.6) is 0 Å². The van der Waals surface area contributed by atoms with Crippen LogP contribution < -0.4 is 0 Å². The van der Waals surface area contributed by atoms with E-state index in [4.69, 9.17) is 0 Å². The Labute approximate surface area is 58.4 Å². The fraction of sp³-hybridized carbons (Fsp3) is 0.750. The fourth-order valence-electron chi connectivity index (χ4n) is 1.11. The SMILES string of the molecule is C/C=C(\C(C)C)N(C)C. The highest BCUT2D eigenvalue weighted by Gasteiger charge is 2.01. The first kappa shape index (κ1) is 8.54. The zero-order valence-corrected chi connectivity index (χ0v) is 7.10. The van der Waals surface area contributed by atoms with Gasteiger partial charge in [-0.3, -0.25) is 0 Å². The van der Waals surface area contributed by atoms with Crippen molar-refractivity contribution >= 4 is 0 Å². The molecule has 0 aromatic carbocycles. The largest absolute Gasteiger partial charge is 0.381 e. The van der Waals surface area contributed by atoms with Crippen molar-refractivity contribution in [3.05, 3.63) is 11.8 Å². The van der Waals surface area contributed by atoms with Crippen molar-refractivity contribution in [3.8, 4) is 0 Å². The topological polar surface area (TPSA) is 3.24 Å². The molecule has 1 nitrogen and oxygen atoms in total. The summed E-state index contributed by atoms with van der Waals surface area (Å²) in [6.45, 7) is 6.49. The Morgan fingerprint density at radius 2 is 1.78 bits per heavy atom. The lowest BCUT2D eigenvalue weighted by Gasteiger charge is -2.19. The Bertz CT molecular complexity index is 91.1. The molecule has 0 aromatic heterocycles. The Balaban J connectivity index is 4.01. The molecule has 0 rings (SSSR count). The monoisotopic (exact) mass is 127 g/mol. The van der Waals surface area contributed by atoms with Crippen molar-refractivity contribution in [1.29, 1.82) is 0 Å². The van der Waals surface area contributed by atoms with Gasteiger partial charge in [-0.25, -0.2) is 0 Å². The Morgan fingerprint density at radius 3 is 1.78 bits per heavy atom. The van der Waals surface area contributed by atoms with E-state index < -0.39 is 0 Å². The Hall–Kier alpha value is -0.460. The highest BCUT2D eigenvalue weighted by molar-refractivity contribution is 4.99. The minimum Gasteiger partial charge on any atom is -0.381 e. The summed E-state index contributed by atoms with van der Waals surface area (Å²) in [5.41, 5.74) is 1.40. The van der Waals surface area contributed by atoms with Crippen molar-refractivity contribution < 1.29 is 0 Å². The third-order valence-corrected chi connectivity index (χ3v) is 1.40. The molecule has 0 saturated carbocycles. The molecule has 0 aliphatic rings. The van der Waals surface area contributed by atoms with Crippen LogP contribution in [0, 0.1) is 5.92 Å². The molecular weight excluding hydrogens is 110 g/mol. The van der Waals surface area contributed by atoms with E-state index >= 15 is 0 Å². The van der Waals surface area contributed by atoms with Gasteiger partial charge in [0, 0.05) is 19.8 Å². The van der Waals surface area contributed by atoms with Crippen LogP contribution in [-0.4, -0.2) is 19.0 Å². The number of nitrogens with zero attached hydrogens (tertiary/aromatic N) is 1. The molecule has 9 heavy (non-hydrogen) atoms. The second-order valence-corrected chi connectivity index (χ2v) is 2.76. The van der Waals surface area contributed by atoms with E-state index in [1.54, 1.807) is 0 Å². The molecule has 1 heteroatoms. The van der Waals surface area contributed by atoms with Crippen molar-refractivity contribution in [2.24, 2.45) is 5.92 Å². The maximum absolute atomic E-state index is 2.20. The van der Waals surface area contributed by atoms with Crippen LogP contribution in [0.15, 0.2) is 11.8 Å². The minimum absolute atomic E-state index is 0.644.